The molecule has 0 spiro atoms. The molecule has 3 N–H and O–H groups in total. The van der Waals surface area contributed by atoms with E-state index >= 15 is 0 Å². The number of hydrogen-bond donors (Lipinski definition) is 3. The molecule has 3 aromatic carbocycles. The van der Waals surface area contributed by atoms with Gasteiger partial charge in [0.05, 0.1) is 11.6 Å². The van der Waals surface area contributed by atoms with Crippen molar-refractivity contribution in [1.82, 2.24) is 4.57 Å². The number of phenols is 1. The number of Topliss-reactive ketones (excluding diaryl/α,β-unsaturated/α-hetero) is 1. The molecule has 32 heavy (non-hydrogen) atoms. The third-order valence-corrected chi connectivity index (χ3v) is 5.28. The molecule has 0 bridgehead atoms. The van der Waals surface area contributed by atoms with E-state index in [9.17, 15) is 28.9 Å². The number of nitrogens with zero attached hydrogens (tertiary/aromatic N) is 1. The van der Waals surface area contributed by atoms with Crippen molar-refractivity contribution in [1.29, 1.82) is 0 Å². The van der Waals surface area contributed by atoms with Crippen LogP contribution in [0.5, 0.6) is 17.5 Å². The molecule has 7 heteroatoms. The molecular weight excluding hydrogens is 416 g/mol. The average molecular weight is 435 g/mol. The zero-order valence-corrected chi connectivity index (χ0v) is 17.0. The van der Waals surface area contributed by atoms with E-state index in [-0.39, 0.29) is 22.9 Å². The summed E-state index contributed by atoms with van der Waals surface area (Å²) in [6, 6.07) is 14.5. The minimum atomic E-state index is -0.928. The van der Waals surface area contributed by atoms with Gasteiger partial charge in [-0.25, -0.2) is 8.78 Å². The number of aromatic nitrogens is 1. The first-order valence-corrected chi connectivity index (χ1v) is 9.80. The minimum absolute atomic E-state index is 0.103. The molecule has 0 amide bonds. The summed E-state index contributed by atoms with van der Waals surface area (Å²) in [5, 5.41) is 32.2. The molecule has 1 atom stereocenters. The number of carbonyl (C=O) groups excluding carboxylic acids is 1. The third kappa shape index (κ3) is 3.58. The number of hydrogen-bond acceptors (Lipinski definition) is 4. The number of aromatic hydroxyl groups is 3. The SMILES string of the molecule is CC(C=C(C(=O)c1c(O)cccc1F)c1cccc(F)c1)n1c(O)c2ccccc2c1O. The molecule has 4 rings (SSSR count). The third-order valence-electron chi connectivity index (χ3n) is 5.28. The Bertz CT molecular complexity index is 1310. The van der Waals surface area contributed by atoms with Gasteiger partial charge in [0.15, 0.2) is 5.78 Å². The smallest absolute Gasteiger partial charge is 0.202 e. The number of allylic oxidation sites excluding steroid dienone is 2. The first-order chi connectivity index (χ1) is 15.3. The van der Waals surface area contributed by atoms with Gasteiger partial charge in [-0.15, -0.1) is 0 Å². The minimum Gasteiger partial charge on any atom is -0.507 e. The highest BCUT2D eigenvalue weighted by molar-refractivity contribution is 6.30. The van der Waals surface area contributed by atoms with Gasteiger partial charge in [0, 0.05) is 16.3 Å². The van der Waals surface area contributed by atoms with E-state index in [4.69, 9.17) is 0 Å². The molecule has 0 saturated carbocycles. The molecule has 0 radical (unpaired) electrons. The van der Waals surface area contributed by atoms with Crippen LogP contribution in [-0.4, -0.2) is 25.7 Å². The van der Waals surface area contributed by atoms with Crippen LogP contribution in [0.1, 0.15) is 28.9 Å². The van der Waals surface area contributed by atoms with Crippen LogP contribution in [0.15, 0.2) is 72.8 Å². The van der Waals surface area contributed by atoms with Gasteiger partial charge in [-0.1, -0.05) is 36.4 Å². The van der Waals surface area contributed by atoms with Crippen LogP contribution in [0.25, 0.3) is 16.3 Å². The number of ketones is 1. The van der Waals surface area contributed by atoms with Gasteiger partial charge in [0.1, 0.15) is 17.4 Å². The Morgan fingerprint density at radius 3 is 2.12 bits per heavy atom. The normalized spacial score (nSPS) is 12.8. The maximum Gasteiger partial charge on any atom is 0.202 e. The van der Waals surface area contributed by atoms with E-state index in [0.717, 1.165) is 12.1 Å². The second-order valence-corrected chi connectivity index (χ2v) is 7.36. The number of carbonyl (C=O) groups is 1. The number of fused-ring (bicyclic) bond motifs is 1. The van der Waals surface area contributed by atoms with E-state index in [1.807, 2.05) is 0 Å². The lowest BCUT2D eigenvalue weighted by atomic mass is 9.94. The van der Waals surface area contributed by atoms with Crippen molar-refractivity contribution < 1.29 is 28.9 Å². The second-order valence-electron chi connectivity index (χ2n) is 7.36. The standard InChI is InChI=1S/C25H19F2NO4/c1-14(28-24(31)17-8-2-3-9-18(17)25(28)32)12-19(15-6-4-7-16(26)13-15)23(30)22-20(27)10-5-11-21(22)29/h2-14,29,31-32H,1H3. The zero-order chi connectivity index (χ0) is 23.0. The molecule has 5 nitrogen and oxygen atoms in total. The van der Waals surface area contributed by atoms with Gasteiger partial charge < -0.3 is 15.3 Å². The fraction of sp³-hybridized carbons (Fsp3) is 0.0800. The van der Waals surface area contributed by atoms with Crippen LogP contribution in [-0.2, 0) is 0 Å². The fourth-order valence-electron chi connectivity index (χ4n) is 3.77. The molecule has 0 saturated heterocycles. The van der Waals surface area contributed by atoms with E-state index in [0.29, 0.717) is 10.8 Å². The van der Waals surface area contributed by atoms with E-state index < -0.39 is 34.8 Å². The monoisotopic (exact) mass is 435 g/mol. The molecule has 1 aromatic heterocycles. The second kappa shape index (κ2) is 8.19. The van der Waals surface area contributed by atoms with Gasteiger partial charge in [-0.2, -0.15) is 0 Å². The maximum atomic E-state index is 14.4. The lowest BCUT2D eigenvalue weighted by Gasteiger charge is -2.16. The van der Waals surface area contributed by atoms with Gasteiger partial charge in [0.25, 0.3) is 0 Å². The summed E-state index contributed by atoms with van der Waals surface area (Å²) in [6.07, 6.45) is 1.38. The zero-order valence-electron chi connectivity index (χ0n) is 17.0. The van der Waals surface area contributed by atoms with Crippen LogP contribution in [0.3, 0.4) is 0 Å². The molecule has 4 aromatic rings. The number of halogens is 2. The van der Waals surface area contributed by atoms with Crippen LogP contribution in [0, 0.1) is 11.6 Å². The Kier molecular flexibility index (Phi) is 5.40. The summed E-state index contributed by atoms with van der Waals surface area (Å²) in [5.74, 6) is -3.40. The molecule has 0 fully saturated rings. The van der Waals surface area contributed by atoms with Crippen molar-refractivity contribution in [3.8, 4) is 17.5 Å². The summed E-state index contributed by atoms with van der Waals surface area (Å²) in [7, 11) is 0. The summed E-state index contributed by atoms with van der Waals surface area (Å²) in [4.78, 5) is 13.3. The van der Waals surface area contributed by atoms with E-state index in [1.165, 1.54) is 41.0 Å². The Labute approximate surface area is 182 Å². The van der Waals surface area contributed by atoms with Crippen molar-refractivity contribution in [2.45, 2.75) is 13.0 Å². The van der Waals surface area contributed by atoms with Crippen molar-refractivity contribution in [3.63, 3.8) is 0 Å². The largest absolute Gasteiger partial charge is 0.507 e. The molecule has 0 aliphatic carbocycles. The Balaban J connectivity index is 1.90. The fourth-order valence-corrected chi connectivity index (χ4v) is 3.77. The quantitative estimate of drug-likeness (QED) is 0.283. The van der Waals surface area contributed by atoms with Crippen molar-refractivity contribution in [3.05, 3.63) is 95.6 Å². The summed E-state index contributed by atoms with van der Waals surface area (Å²) >= 11 is 0. The number of phenolic OH excluding ortho intramolecular Hbond substituents is 1. The van der Waals surface area contributed by atoms with Gasteiger partial charge >= 0.3 is 0 Å². The van der Waals surface area contributed by atoms with Crippen molar-refractivity contribution in [2.75, 3.05) is 0 Å². The molecule has 162 valence electrons. The van der Waals surface area contributed by atoms with Crippen LogP contribution in [0.2, 0.25) is 0 Å². The molecule has 1 heterocycles. The van der Waals surface area contributed by atoms with Crippen LogP contribution < -0.4 is 0 Å². The number of benzene rings is 3. The lowest BCUT2D eigenvalue weighted by molar-refractivity contribution is 0.105. The van der Waals surface area contributed by atoms with Gasteiger partial charge in [-0.05, 0) is 48.9 Å². The first-order valence-electron chi connectivity index (χ1n) is 9.80. The lowest BCUT2D eigenvalue weighted by Crippen LogP contribution is -2.09. The molecule has 1 unspecified atom stereocenters. The molecular formula is C25H19F2NO4. The maximum absolute atomic E-state index is 14.4. The highest BCUT2D eigenvalue weighted by atomic mass is 19.1. The first kappa shape index (κ1) is 21.1. The van der Waals surface area contributed by atoms with Gasteiger partial charge in [0.2, 0.25) is 11.8 Å². The van der Waals surface area contributed by atoms with Gasteiger partial charge in [-0.3, -0.25) is 9.36 Å². The summed E-state index contributed by atoms with van der Waals surface area (Å²) < 4.78 is 29.6. The molecule has 0 aliphatic heterocycles. The topological polar surface area (TPSA) is 82.7 Å². The predicted molar refractivity (Wildman–Crippen MR) is 117 cm³/mol. The molecule has 0 aliphatic rings. The van der Waals surface area contributed by atoms with Crippen molar-refractivity contribution >= 4 is 22.1 Å². The highest BCUT2D eigenvalue weighted by Gasteiger charge is 2.25. The number of rotatable bonds is 5. The average Bonchev–Trinajstić information content (AvgIpc) is 3.02. The van der Waals surface area contributed by atoms with E-state index in [2.05, 4.69) is 0 Å². The highest BCUT2D eigenvalue weighted by Crippen LogP contribution is 2.40. The Hall–Kier alpha value is -4.13. The van der Waals surface area contributed by atoms with Crippen LogP contribution >= 0.6 is 0 Å². The summed E-state index contributed by atoms with van der Waals surface area (Å²) in [6.45, 7) is 1.60. The van der Waals surface area contributed by atoms with E-state index in [1.54, 1.807) is 31.2 Å². The Morgan fingerprint density at radius 1 is 0.906 bits per heavy atom. The summed E-state index contributed by atoms with van der Waals surface area (Å²) in [5.41, 5.74) is -0.504. The van der Waals surface area contributed by atoms with Crippen molar-refractivity contribution in [2.24, 2.45) is 0 Å². The predicted octanol–water partition coefficient (Wildman–Crippen LogP) is 5.56. The van der Waals surface area contributed by atoms with Crippen LogP contribution in [0.4, 0.5) is 8.78 Å². The Morgan fingerprint density at radius 2 is 1.53 bits per heavy atom.